The summed E-state index contributed by atoms with van der Waals surface area (Å²) >= 11 is 1.99. The summed E-state index contributed by atoms with van der Waals surface area (Å²) in [5.74, 6) is 0.902. The lowest BCUT2D eigenvalue weighted by Crippen LogP contribution is -2.45. The summed E-state index contributed by atoms with van der Waals surface area (Å²) in [4.78, 5) is 2.36. The van der Waals surface area contributed by atoms with Crippen molar-refractivity contribution in [2.75, 3.05) is 17.2 Å². The summed E-state index contributed by atoms with van der Waals surface area (Å²) in [7, 11) is 0. The van der Waals surface area contributed by atoms with Crippen LogP contribution in [0.5, 0.6) is 0 Å². The summed E-state index contributed by atoms with van der Waals surface area (Å²) in [6.45, 7) is 7.38. The molecule has 100 valence electrons. The fourth-order valence-corrected chi connectivity index (χ4v) is 3.52. The average molecular weight is 268 g/mol. The summed E-state index contributed by atoms with van der Waals surface area (Å²) in [6, 6.07) is 5.27. The number of hydrogen-bond donors (Lipinski definition) is 1. The van der Waals surface area contributed by atoms with Gasteiger partial charge in [0.05, 0.1) is 0 Å². The average Bonchev–Trinajstić information content (AvgIpc) is 2.33. The molecule has 3 unspecified atom stereocenters. The van der Waals surface area contributed by atoms with Crippen molar-refractivity contribution >= 4 is 17.4 Å². The van der Waals surface area contributed by atoms with Gasteiger partial charge in [-0.1, -0.05) is 6.92 Å². The maximum Gasteiger partial charge on any atom is 0.123 e. The molecule has 0 amide bonds. The van der Waals surface area contributed by atoms with Gasteiger partial charge in [0.1, 0.15) is 5.82 Å². The van der Waals surface area contributed by atoms with Gasteiger partial charge in [-0.25, -0.2) is 4.39 Å². The fraction of sp³-hybridized carbons (Fsp3) is 0.571. The van der Waals surface area contributed by atoms with Crippen LogP contribution >= 0.6 is 11.8 Å². The third-order valence-electron chi connectivity index (χ3n) is 3.67. The zero-order chi connectivity index (χ0) is 13.3. The highest BCUT2D eigenvalue weighted by molar-refractivity contribution is 8.00. The topological polar surface area (TPSA) is 29.3 Å². The molecule has 2 nitrogen and oxygen atoms in total. The normalized spacial score (nSPS) is 26.2. The molecule has 0 aromatic heterocycles. The third kappa shape index (κ3) is 2.64. The molecule has 4 heteroatoms. The minimum Gasteiger partial charge on any atom is -0.367 e. The third-order valence-corrected chi connectivity index (χ3v) is 5.01. The van der Waals surface area contributed by atoms with Crippen LogP contribution in [0.2, 0.25) is 0 Å². The molecule has 0 radical (unpaired) electrons. The number of thioether (sulfide) groups is 1. The van der Waals surface area contributed by atoms with E-state index in [1.165, 1.54) is 6.07 Å². The molecule has 18 heavy (non-hydrogen) atoms. The molecule has 0 aliphatic carbocycles. The van der Waals surface area contributed by atoms with Crippen molar-refractivity contribution in [1.82, 2.24) is 0 Å². The van der Waals surface area contributed by atoms with Crippen LogP contribution in [0.15, 0.2) is 18.2 Å². The van der Waals surface area contributed by atoms with E-state index in [9.17, 15) is 4.39 Å². The Balaban J connectivity index is 2.37. The first kappa shape index (κ1) is 13.7. The Morgan fingerprint density at radius 2 is 2.17 bits per heavy atom. The predicted molar refractivity (Wildman–Crippen MR) is 77.7 cm³/mol. The molecular weight excluding hydrogens is 247 g/mol. The molecule has 1 aliphatic heterocycles. The van der Waals surface area contributed by atoms with Crippen LogP contribution < -0.4 is 10.6 Å². The first-order valence-electron chi connectivity index (χ1n) is 6.44. The Bertz CT molecular complexity index is 422. The Kier molecular flexibility index (Phi) is 4.17. The maximum atomic E-state index is 13.4. The number of hydrogen-bond acceptors (Lipinski definition) is 3. The second-order valence-corrected chi connectivity index (χ2v) is 6.49. The number of rotatable bonds is 2. The predicted octanol–water partition coefficient (Wildman–Crippen LogP) is 3.18. The zero-order valence-electron chi connectivity index (χ0n) is 11.2. The van der Waals surface area contributed by atoms with Crippen LogP contribution in [0.1, 0.15) is 32.4 Å². The van der Waals surface area contributed by atoms with Crippen molar-refractivity contribution < 1.29 is 4.39 Å². The second-order valence-electron chi connectivity index (χ2n) is 5.00. The van der Waals surface area contributed by atoms with E-state index in [1.807, 2.05) is 24.8 Å². The molecule has 1 aromatic carbocycles. The van der Waals surface area contributed by atoms with Gasteiger partial charge in [0.2, 0.25) is 0 Å². The Labute approximate surface area is 113 Å². The zero-order valence-corrected chi connectivity index (χ0v) is 12.0. The quantitative estimate of drug-likeness (QED) is 0.893. The van der Waals surface area contributed by atoms with E-state index in [-0.39, 0.29) is 11.9 Å². The molecule has 0 spiro atoms. The second kappa shape index (κ2) is 5.49. The molecule has 1 aliphatic rings. The van der Waals surface area contributed by atoms with Gasteiger partial charge in [0.15, 0.2) is 0 Å². The molecule has 0 saturated carbocycles. The summed E-state index contributed by atoms with van der Waals surface area (Å²) < 4.78 is 13.4. The molecule has 1 heterocycles. The van der Waals surface area contributed by atoms with Gasteiger partial charge in [-0.2, -0.15) is 11.8 Å². The molecule has 1 saturated heterocycles. The smallest absolute Gasteiger partial charge is 0.123 e. The SMILES string of the molecule is CC(N)c1cc(F)ccc1N1CCSC(C)C1C. The number of anilines is 1. The summed E-state index contributed by atoms with van der Waals surface area (Å²) in [5, 5.41) is 0.588. The molecule has 2 N–H and O–H groups in total. The van der Waals surface area contributed by atoms with Crippen LogP contribution in [-0.2, 0) is 0 Å². The lowest BCUT2D eigenvalue weighted by molar-refractivity contribution is 0.607. The van der Waals surface area contributed by atoms with E-state index in [2.05, 4.69) is 18.7 Å². The first-order valence-corrected chi connectivity index (χ1v) is 7.49. The lowest BCUT2D eigenvalue weighted by atomic mass is 10.0. The monoisotopic (exact) mass is 268 g/mol. The molecular formula is C14H21FN2S. The molecule has 2 rings (SSSR count). The van der Waals surface area contributed by atoms with Crippen molar-refractivity contribution in [3.05, 3.63) is 29.6 Å². The van der Waals surface area contributed by atoms with Gasteiger partial charge in [-0.05, 0) is 37.6 Å². The van der Waals surface area contributed by atoms with Gasteiger partial charge in [0.25, 0.3) is 0 Å². The van der Waals surface area contributed by atoms with Crippen molar-refractivity contribution in [2.45, 2.75) is 38.1 Å². The molecule has 1 fully saturated rings. The highest BCUT2D eigenvalue weighted by atomic mass is 32.2. The van der Waals surface area contributed by atoms with Crippen molar-refractivity contribution in [3.8, 4) is 0 Å². The molecule has 1 aromatic rings. The van der Waals surface area contributed by atoms with Crippen molar-refractivity contribution in [2.24, 2.45) is 5.73 Å². The Hall–Kier alpha value is -0.740. The van der Waals surface area contributed by atoms with Crippen LogP contribution in [0.4, 0.5) is 10.1 Å². The molecule has 3 atom stereocenters. The van der Waals surface area contributed by atoms with Gasteiger partial charge < -0.3 is 10.6 Å². The van der Waals surface area contributed by atoms with Crippen molar-refractivity contribution in [1.29, 1.82) is 0 Å². The number of benzene rings is 1. The van der Waals surface area contributed by atoms with Crippen LogP contribution in [0, 0.1) is 5.82 Å². The first-order chi connectivity index (χ1) is 8.50. The number of halogens is 1. The Morgan fingerprint density at radius 1 is 1.44 bits per heavy atom. The molecule has 0 bridgehead atoms. The van der Waals surface area contributed by atoms with Gasteiger partial charge in [-0.3, -0.25) is 0 Å². The summed E-state index contributed by atoms with van der Waals surface area (Å²) in [6.07, 6.45) is 0. The van der Waals surface area contributed by atoms with E-state index in [4.69, 9.17) is 5.73 Å². The van der Waals surface area contributed by atoms with E-state index in [0.29, 0.717) is 11.3 Å². The van der Waals surface area contributed by atoms with Crippen LogP contribution in [0.25, 0.3) is 0 Å². The Morgan fingerprint density at radius 3 is 2.83 bits per heavy atom. The standard InChI is InChI=1S/C14H21FN2S/c1-9(16)13-8-12(15)4-5-14(13)17-6-7-18-11(3)10(17)2/h4-5,8-11H,6-7,16H2,1-3H3. The maximum absolute atomic E-state index is 13.4. The highest BCUT2D eigenvalue weighted by Gasteiger charge is 2.27. The minimum absolute atomic E-state index is 0.146. The fourth-order valence-electron chi connectivity index (χ4n) is 2.42. The van der Waals surface area contributed by atoms with Gasteiger partial charge in [0, 0.05) is 35.3 Å². The number of nitrogens with two attached hydrogens (primary N) is 1. The van der Waals surface area contributed by atoms with E-state index < -0.39 is 0 Å². The number of nitrogens with zero attached hydrogens (tertiary/aromatic N) is 1. The van der Waals surface area contributed by atoms with E-state index in [0.717, 1.165) is 23.5 Å². The lowest BCUT2D eigenvalue weighted by Gasteiger charge is -2.40. The van der Waals surface area contributed by atoms with Gasteiger partial charge in [-0.15, -0.1) is 0 Å². The highest BCUT2D eigenvalue weighted by Crippen LogP contribution is 2.33. The largest absolute Gasteiger partial charge is 0.367 e. The van der Waals surface area contributed by atoms with Crippen molar-refractivity contribution in [3.63, 3.8) is 0 Å². The van der Waals surface area contributed by atoms with Gasteiger partial charge >= 0.3 is 0 Å². The van der Waals surface area contributed by atoms with Crippen LogP contribution in [0.3, 0.4) is 0 Å². The van der Waals surface area contributed by atoms with Crippen LogP contribution in [-0.4, -0.2) is 23.6 Å². The van der Waals surface area contributed by atoms with E-state index in [1.54, 1.807) is 6.07 Å². The van der Waals surface area contributed by atoms with E-state index >= 15 is 0 Å². The summed E-state index contributed by atoms with van der Waals surface area (Å²) in [5.41, 5.74) is 7.96. The minimum atomic E-state index is -0.210.